The molecule has 3 amide bonds. The number of anilines is 1. The van der Waals surface area contributed by atoms with E-state index in [0.717, 1.165) is 56.8 Å². The summed E-state index contributed by atoms with van der Waals surface area (Å²) in [6, 6.07) is 1.81. The van der Waals surface area contributed by atoms with Crippen LogP contribution in [0.3, 0.4) is 0 Å². The van der Waals surface area contributed by atoms with Gasteiger partial charge in [0.05, 0.1) is 0 Å². The maximum absolute atomic E-state index is 12.2. The van der Waals surface area contributed by atoms with Gasteiger partial charge in [-0.25, -0.2) is 10.2 Å². The summed E-state index contributed by atoms with van der Waals surface area (Å²) in [5, 5.41) is 30.6. The first-order chi connectivity index (χ1) is 15.8. The first kappa shape index (κ1) is 25.9. The monoisotopic (exact) mass is 454 g/mol. The Hall–Kier alpha value is -3.38. The molecule has 9 heteroatoms. The van der Waals surface area contributed by atoms with Crippen molar-refractivity contribution in [3.05, 3.63) is 40.1 Å². The number of nitrogens with one attached hydrogen (secondary N) is 4. The van der Waals surface area contributed by atoms with E-state index in [2.05, 4.69) is 22.1 Å². The largest absolute Gasteiger partial charge is 0.339 e. The van der Waals surface area contributed by atoms with Gasteiger partial charge in [-0.3, -0.25) is 15.3 Å². The molecule has 0 spiro atoms. The van der Waals surface area contributed by atoms with E-state index in [1.807, 2.05) is 13.8 Å². The molecule has 0 bridgehead atoms. The molecule has 178 valence electrons. The van der Waals surface area contributed by atoms with Gasteiger partial charge < -0.3 is 10.7 Å². The number of amides is 3. The van der Waals surface area contributed by atoms with Crippen LogP contribution in [-0.2, 0) is 30.5 Å². The number of nitriles is 1. The summed E-state index contributed by atoms with van der Waals surface area (Å²) < 4.78 is 0. The van der Waals surface area contributed by atoms with Crippen molar-refractivity contribution in [1.82, 2.24) is 15.9 Å². The van der Waals surface area contributed by atoms with Gasteiger partial charge in [-0.05, 0) is 73.6 Å². The minimum atomic E-state index is -0.497. The van der Waals surface area contributed by atoms with Gasteiger partial charge in [0.25, 0.3) is 0 Å². The van der Waals surface area contributed by atoms with E-state index < -0.39 is 6.03 Å². The number of nitrogens with zero attached hydrogens (tertiary/aromatic N) is 2. The van der Waals surface area contributed by atoms with Gasteiger partial charge in [0, 0.05) is 18.3 Å². The Labute approximate surface area is 195 Å². The topological polar surface area (TPSA) is 141 Å². The highest BCUT2D eigenvalue weighted by atomic mass is 16.5. The molecule has 9 nitrogen and oxygen atoms in total. The summed E-state index contributed by atoms with van der Waals surface area (Å²) in [5.74, 6) is 0.185. The van der Waals surface area contributed by atoms with Crippen LogP contribution in [0.2, 0.25) is 0 Å². The molecular weight excluding hydrogens is 420 g/mol. The van der Waals surface area contributed by atoms with Crippen molar-refractivity contribution in [2.75, 3.05) is 5.32 Å². The second-order valence-corrected chi connectivity index (χ2v) is 8.35. The van der Waals surface area contributed by atoms with Gasteiger partial charge in [-0.15, -0.1) is 0 Å². The predicted octanol–water partition coefficient (Wildman–Crippen LogP) is 3.96. The van der Waals surface area contributed by atoms with E-state index >= 15 is 0 Å². The molecule has 1 aromatic carbocycles. The maximum Gasteiger partial charge on any atom is 0.339 e. The van der Waals surface area contributed by atoms with E-state index in [1.54, 1.807) is 13.1 Å². The highest BCUT2D eigenvalue weighted by Gasteiger charge is 2.25. The van der Waals surface area contributed by atoms with Crippen molar-refractivity contribution in [3.8, 4) is 6.19 Å². The number of hydroxylamine groups is 1. The Morgan fingerprint density at radius 1 is 1.24 bits per heavy atom. The van der Waals surface area contributed by atoms with Crippen molar-refractivity contribution < 1.29 is 14.8 Å². The fraction of sp³-hybridized carbons (Fsp3) is 0.500. The lowest BCUT2D eigenvalue weighted by Crippen LogP contribution is -2.42. The van der Waals surface area contributed by atoms with Crippen LogP contribution in [0.25, 0.3) is 0 Å². The Morgan fingerprint density at radius 3 is 2.33 bits per heavy atom. The average Bonchev–Trinajstić information content (AvgIpc) is 3.44. The first-order valence-corrected chi connectivity index (χ1v) is 11.4. The zero-order valence-corrected chi connectivity index (χ0v) is 19.6. The van der Waals surface area contributed by atoms with Crippen molar-refractivity contribution in [3.63, 3.8) is 0 Å². The highest BCUT2D eigenvalue weighted by molar-refractivity contribution is 5.92. The number of hydrogen-bond donors (Lipinski definition) is 5. The molecule has 0 heterocycles. The zero-order chi connectivity index (χ0) is 24.4. The minimum Gasteiger partial charge on any atom is -0.306 e. The molecule has 5 N–H and O–H groups in total. The third-order valence-electron chi connectivity index (χ3n) is 6.03. The number of fused-ring (bicyclic) bond motifs is 2. The van der Waals surface area contributed by atoms with Crippen molar-refractivity contribution in [2.45, 2.75) is 72.1 Å². The SMILES string of the molecule is C/C=C(\C=N)N(O)NC(=O)Nc1c2c(cc3c1CCC3)CCC2.CC[C@@H](C)CC(=O)NC#N. The molecule has 2 aliphatic rings. The zero-order valence-electron chi connectivity index (χ0n) is 19.6. The van der Waals surface area contributed by atoms with Gasteiger partial charge in [0.15, 0.2) is 6.19 Å². The number of aryl methyl sites for hydroxylation is 2. The van der Waals surface area contributed by atoms with E-state index in [1.165, 1.54) is 28.3 Å². The fourth-order valence-corrected chi connectivity index (χ4v) is 4.11. The highest BCUT2D eigenvalue weighted by Crippen LogP contribution is 2.38. The second kappa shape index (κ2) is 12.6. The molecule has 0 saturated heterocycles. The molecule has 0 aromatic heterocycles. The third-order valence-corrected chi connectivity index (χ3v) is 6.03. The quantitative estimate of drug-likeness (QED) is 0.183. The molecule has 0 radical (unpaired) electrons. The molecule has 0 saturated carbocycles. The molecule has 0 aliphatic heterocycles. The average molecular weight is 455 g/mol. The van der Waals surface area contributed by atoms with E-state index in [-0.39, 0.29) is 11.6 Å². The van der Waals surface area contributed by atoms with Crippen LogP contribution in [-0.4, -0.2) is 28.5 Å². The number of urea groups is 1. The molecule has 0 fully saturated rings. The molecule has 33 heavy (non-hydrogen) atoms. The summed E-state index contributed by atoms with van der Waals surface area (Å²) in [7, 11) is 0. The predicted molar refractivity (Wildman–Crippen MR) is 127 cm³/mol. The normalized spacial score (nSPS) is 14.6. The first-order valence-electron chi connectivity index (χ1n) is 11.4. The van der Waals surface area contributed by atoms with Crippen molar-refractivity contribution in [1.29, 1.82) is 10.7 Å². The minimum absolute atomic E-state index is 0.183. The fourth-order valence-electron chi connectivity index (χ4n) is 4.11. The van der Waals surface area contributed by atoms with E-state index in [4.69, 9.17) is 10.7 Å². The lowest BCUT2D eigenvalue weighted by atomic mass is 9.99. The molecule has 2 aliphatic carbocycles. The third kappa shape index (κ3) is 7.05. The number of hydrogen-bond acceptors (Lipinski definition) is 6. The molecule has 0 unspecified atom stereocenters. The summed E-state index contributed by atoms with van der Waals surface area (Å²) in [5.41, 5.74) is 8.62. The van der Waals surface area contributed by atoms with Crippen molar-refractivity contribution >= 4 is 23.8 Å². The number of carbonyl (C=O) groups excluding carboxylic acids is 2. The van der Waals surface area contributed by atoms with Crippen LogP contribution < -0.4 is 16.1 Å². The smallest absolute Gasteiger partial charge is 0.306 e. The summed E-state index contributed by atoms with van der Waals surface area (Å²) in [6.45, 7) is 5.68. The Morgan fingerprint density at radius 2 is 1.85 bits per heavy atom. The number of carbonyl (C=O) groups is 2. The van der Waals surface area contributed by atoms with Crippen LogP contribution >= 0.6 is 0 Å². The van der Waals surface area contributed by atoms with Crippen molar-refractivity contribution in [2.24, 2.45) is 5.92 Å². The summed E-state index contributed by atoms with van der Waals surface area (Å²) in [4.78, 5) is 22.9. The second-order valence-electron chi connectivity index (χ2n) is 8.35. The number of allylic oxidation sites excluding steroid dienone is 2. The number of rotatable bonds is 7. The van der Waals surface area contributed by atoms with E-state index in [0.29, 0.717) is 17.5 Å². The van der Waals surface area contributed by atoms with Gasteiger partial charge in [-0.1, -0.05) is 32.4 Å². The lowest BCUT2D eigenvalue weighted by molar-refractivity contribution is -0.120. The molecule has 1 aromatic rings. The van der Waals surface area contributed by atoms with E-state index in [9.17, 15) is 14.8 Å². The molecule has 1 atom stereocenters. The standard InChI is InChI=1S/C17H22N4O2.C7H12N2O/c1-2-13(10-18)21(23)20-17(22)19-16-14-7-3-5-11(14)9-12-6-4-8-15(12)16;1-3-6(2)4-7(10)9-5-8/h2,9-10,18,23H,3-8H2,1H3,(H2,19,20,22);6H,3-4H2,1-2H3,(H,9,10)/b13-2+,18-10?;/t;6-/m.1/s1. The van der Waals surface area contributed by atoms with Gasteiger partial charge in [-0.2, -0.15) is 10.4 Å². The van der Waals surface area contributed by atoms with Gasteiger partial charge in [0.1, 0.15) is 5.70 Å². The summed E-state index contributed by atoms with van der Waals surface area (Å²) >= 11 is 0. The van der Waals surface area contributed by atoms with Crippen LogP contribution in [0.1, 0.15) is 68.7 Å². The molecule has 3 rings (SSSR count). The lowest BCUT2D eigenvalue weighted by Gasteiger charge is -2.20. The van der Waals surface area contributed by atoms with Gasteiger partial charge >= 0.3 is 6.03 Å². The number of hydrazine groups is 1. The van der Waals surface area contributed by atoms with Gasteiger partial charge in [0.2, 0.25) is 5.91 Å². The Kier molecular flexibility index (Phi) is 9.88. The molecular formula is C24H34N6O3. The number of benzene rings is 1. The maximum atomic E-state index is 12.2. The van der Waals surface area contributed by atoms with Crippen LogP contribution in [0.5, 0.6) is 0 Å². The van der Waals surface area contributed by atoms with Crippen LogP contribution in [0, 0.1) is 22.8 Å². The summed E-state index contributed by atoms with van der Waals surface area (Å²) in [6.07, 6.45) is 11.9. The van der Waals surface area contributed by atoms with Crippen LogP contribution in [0.15, 0.2) is 17.8 Å². The Bertz CT molecular complexity index is 918. The Balaban J connectivity index is 0.000000328. The van der Waals surface area contributed by atoms with Crippen LogP contribution in [0.4, 0.5) is 10.5 Å².